The first-order valence-electron chi connectivity index (χ1n) is 11.6. The van der Waals surface area contributed by atoms with Gasteiger partial charge < -0.3 is 4.74 Å². The standard InChI is InChI=1S/C29H18ClN3O4S/c1-16-22(27(34)33(32-16)18-11-9-17(30)10-12-18)15-31-23-7-2-3-8-25(23)38-24-14-13-21-26-19(24)5-4-6-20(26)28(35)37-29(21)36/h2-15,32H,1H3. The van der Waals surface area contributed by atoms with E-state index in [9.17, 15) is 14.4 Å². The number of nitrogens with one attached hydrogen (secondary N) is 1. The van der Waals surface area contributed by atoms with Gasteiger partial charge in [-0.3, -0.25) is 14.9 Å². The van der Waals surface area contributed by atoms with Gasteiger partial charge in [0.15, 0.2) is 0 Å². The first-order chi connectivity index (χ1) is 18.4. The maximum Gasteiger partial charge on any atom is 0.346 e. The molecule has 6 rings (SSSR count). The van der Waals surface area contributed by atoms with Crippen molar-refractivity contribution in [2.75, 3.05) is 0 Å². The van der Waals surface area contributed by atoms with Crippen LogP contribution in [0.2, 0.25) is 5.02 Å². The van der Waals surface area contributed by atoms with Crippen LogP contribution in [0.3, 0.4) is 0 Å². The molecule has 1 aliphatic heterocycles. The summed E-state index contributed by atoms with van der Waals surface area (Å²) in [5.74, 6) is -1.29. The van der Waals surface area contributed by atoms with E-state index in [1.54, 1.807) is 48.7 Å². The van der Waals surface area contributed by atoms with Crippen molar-refractivity contribution in [3.63, 3.8) is 0 Å². The minimum Gasteiger partial charge on any atom is -0.386 e. The molecule has 0 saturated heterocycles. The fourth-order valence-corrected chi connectivity index (χ4v) is 5.54. The van der Waals surface area contributed by atoms with E-state index < -0.39 is 11.9 Å². The number of para-hydroxylation sites is 1. The lowest BCUT2D eigenvalue weighted by atomic mass is 9.97. The number of aromatic nitrogens is 2. The van der Waals surface area contributed by atoms with E-state index in [1.807, 2.05) is 43.3 Å². The van der Waals surface area contributed by atoms with Crippen LogP contribution in [0.15, 0.2) is 98.4 Å². The molecule has 0 amide bonds. The van der Waals surface area contributed by atoms with Crippen LogP contribution >= 0.6 is 23.4 Å². The van der Waals surface area contributed by atoms with Gasteiger partial charge in [-0.05, 0) is 66.9 Å². The van der Waals surface area contributed by atoms with Crippen LogP contribution < -0.4 is 5.56 Å². The predicted octanol–water partition coefficient (Wildman–Crippen LogP) is 6.49. The zero-order valence-electron chi connectivity index (χ0n) is 19.9. The summed E-state index contributed by atoms with van der Waals surface area (Å²) in [6, 6.07) is 23.4. The molecule has 0 unspecified atom stereocenters. The first-order valence-corrected chi connectivity index (χ1v) is 12.8. The van der Waals surface area contributed by atoms with Crippen LogP contribution in [0.1, 0.15) is 32.0 Å². The highest BCUT2D eigenvalue weighted by Gasteiger charge is 2.28. The maximum atomic E-state index is 13.1. The quantitative estimate of drug-likeness (QED) is 0.156. The number of hydrogen-bond donors (Lipinski definition) is 1. The SMILES string of the molecule is Cc1[nH]n(-c2ccc(Cl)cc2)c(=O)c1C=Nc1ccccc1Sc1ccc2c3c(cccc13)C(=O)OC2=O. The van der Waals surface area contributed by atoms with Crippen molar-refractivity contribution in [2.45, 2.75) is 16.7 Å². The molecule has 1 aliphatic rings. The molecule has 1 aromatic heterocycles. The summed E-state index contributed by atoms with van der Waals surface area (Å²) in [6.45, 7) is 1.82. The second-order valence-electron chi connectivity index (χ2n) is 8.61. The maximum absolute atomic E-state index is 13.1. The minimum absolute atomic E-state index is 0.223. The fourth-order valence-electron chi connectivity index (χ4n) is 4.39. The molecule has 0 fully saturated rings. The molecule has 5 aromatic rings. The number of benzene rings is 4. The minimum atomic E-state index is -0.647. The number of halogens is 1. The van der Waals surface area contributed by atoms with E-state index in [0.29, 0.717) is 44.2 Å². The van der Waals surface area contributed by atoms with Gasteiger partial charge in [-0.15, -0.1) is 0 Å². The van der Waals surface area contributed by atoms with Crippen molar-refractivity contribution in [3.05, 3.63) is 117 Å². The van der Waals surface area contributed by atoms with E-state index >= 15 is 0 Å². The number of hydrogen-bond acceptors (Lipinski definition) is 6. The number of aryl methyl sites for hydroxylation is 1. The first kappa shape index (κ1) is 24.0. The molecule has 0 aliphatic carbocycles. The zero-order chi connectivity index (χ0) is 26.4. The van der Waals surface area contributed by atoms with Gasteiger partial charge in [-0.25, -0.2) is 14.3 Å². The van der Waals surface area contributed by atoms with Crippen LogP contribution in [0.5, 0.6) is 0 Å². The van der Waals surface area contributed by atoms with Crippen molar-refractivity contribution in [3.8, 4) is 5.69 Å². The largest absolute Gasteiger partial charge is 0.386 e. The third kappa shape index (κ3) is 4.13. The fraction of sp³-hybridized carbons (Fsp3) is 0.0345. The molecule has 0 spiro atoms. The summed E-state index contributed by atoms with van der Waals surface area (Å²) in [6.07, 6.45) is 1.56. The van der Waals surface area contributed by atoms with Crippen molar-refractivity contribution in [1.82, 2.24) is 9.78 Å². The van der Waals surface area contributed by atoms with Gasteiger partial charge >= 0.3 is 11.9 Å². The molecule has 2 heterocycles. The van der Waals surface area contributed by atoms with Crippen molar-refractivity contribution < 1.29 is 14.3 Å². The Morgan fingerprint density at radius 2 is 1.61 bits per heavy atom. The number of aliphatic imine (C=N–C) groups is 1. The number of carbonyl (C=O) groups is 2. The molecule has 0 atom stereocenters. The summed E-state index contributed by atoms with van der Waals surface area (Å²) in [7, 11) is 0. The lowest BCUT2D eigenvalue weighted by molar-refractivity contribution is 0.0391. The van der Waals surface area contributed by atoms with Crippen LogP contribution in [-0.4, -0.2) is 27.9 Å². The summed E-state index contributed by atoms with van der Waals surface area (Å²) in [5.41, 5.74) is 2.97. The third-order valence-corrected chi connectivity index (χ3v) is 7.64. The van der Waals surface area contributed by atoms with Gasteiger partial charge in [-0.2, -0.15) is 0 Å². The Labute approximate surface area is 225 Å². The van der Waals surface area contributed by atoms with E-state index in [4.69, 9.17) is 16.3 Å². The van der Waals surface area contributed by atoms with Crippen molar-refractivity contribution >= 4 is 58.0 Å². The third-order valence-electron chi connectivity index (χ3n) is 6.25. The van der Waals surface area contributed by atoms with Crippen LogP contribution in [-0.2, 0) is 4.74 Å². The number of rotatable bonds is 5. The Hall–Kier alpha value is -4.40. The number of ether oxygens (including phenoxy) is 1. The van der Waals surface area contributed by atoms with E-state index in [0.717, 1.165) is 15.2 Å². The summed E-state index contributed by atoms with van der Waals surface area (Å²) < 4.78 is 6.32. The molecule has 9 heteroatoms. The van der Waals surface area contributed by atoms with Gasteiger partial charge in [-0.1, -0.05) is 47.6 Å². The van der Waals surface area contributed by atoms with E-state index in [2.05, 4.69) is 10.1 Å². The van der Waals surface area contributed by atoms with Gasteiger partial charge in [0.05, 0.1) is 28.1 Å². The molecule has 0 radical (unpaired) electrons. The lowest BCUT2D eigenvalue weighted by Gasteiger charge is -2.17. The second kappa shape index (κ2) is 9.48. The highest BCUT2D eigenvalue weighted by molar-refractivity contribution is 7.99. The molecule has 186 valence electrons. The number of aromatic amines is 1. The summed E-state index contributed by atoms with van der Waals surface area (Å²) >= 11 is 7.44. The predicted molar refractivity (Wildman–Crippen MR) is 148 cm³/mol. The number of cyclic esters (lactones) is 2. The Kier molecular flexibility index (Phi) is 5.98. The molecular weight excluding hydrogens is 522 g/mol. The van der Waals surface area contributed by atoms with Crippen LogP contribution in [0, 0.1) is 6.92 Å². The summed E-state index contributed by atoms with van der Waals surface area (Å²) in [5, 5.41) is 5.04. The molecule has 38 heavy (non-hydrogen) atoms. The van der Waals surface area contributed by atoms with Crippen molar-refractivity contribution in [2.24, 2.45) is 4.99 Å². The second-order valence-corrected chi connectivity index (χ2v) is 10.1. The van der Waals surface area contributed by atoms with Gasteiger partial charge in [0.25, 0.3) is 5.56 Å². The number of nitrogens with zero attached hydrogens (tertiary/aromatic N) is 2. The molecule has 7 nitrogen and oxygen atoms in total. The van der Waals surface area contributed by atoms with E-state index in [-0.39, 0.29) is 5.56 Å². The van der Waals surface area contributed by atoms with Gasteiger partial charge in [0.1, 0.15) is 0 Å². The Morgan fingerprint density at radius 1 is 0.868 bits per heavy atom. The normalized spacial score (nSPS) is 12.9. The molecular formula is C29H18ClN3O4S. The number of esters is 2. The highest BCUT2D eigenvalue weighted by Crippen LogP contribution is 2.41. The molecule has 0 saturated carbocycles. The van der Waals surface area contributed by atoms with Crippen LogP contribution in [0.4, 0.5) is 5.69 Å². The zero-order valence-corrected chi connectivity index (χ0v) is 21.5. The number of carbonyl (C=O) groups excluding carboxylic acids is 2. The van der Waals surface area contributed by atoms with Crippen LogP contribution in [0.25, 0.3) is 16.5 Å². The highest BCUT2D eigenvalue weighted by atomic mass is 35.5. The Balaban J connectivity index is 1.36. The molecule has 4 aromatic carbocycles. The van der Waals surface area contributed by atoms with Gasteiger partial charge in [0, 0.05) is 32.1 Å². The monoisotopic (exact) mass is 539 g/mol. The number of H-pyrrole nitrogens is 1. The summed E-state index contributed by atoms with van der Waals surface area (Å²) in [4.78, 5) is 44.0. The van der Waals surface area contributed by atoms with Crippen molar-refractivity contribution in [1.29, 1.82) is 0 Å². The average Bonchev–Trinajstić information content (AvgIpc) is 3.20. The smallest absolute Gasteiger partial charge is 0.346 e. The Morgan fingerprint density at radius 3 is 2.39 bits per heavy atom. The Bertz CT molecular complexity index is 1830. The topological polar surface area (TPSA) is 93.5 Å². The molecule has 0 bridgehead atoms. The van der Waals surface area contributed by atoms with Gasteiger partial charge in [0.2, 0.25) is 0 Å². The van der Waals surface area contributed by atoms with E-state index in [1.165, 1.54) is 16.4 Å². The lowest BCUT2D eigenvalue weighted by Crippen LogP contribution is -2.19. The molecule has 1 N–H and O–H groups in total. The average molecular weight is 540 g/mol.